The molecule has 1 heterocycles. The maximum Gasteiger partial charge on any atom is 0.0521 e. The normalized spacial score (nSPS) is 16.3. The van der Waals surface area contributed by atoms with E-state index in [1.165, 1.54) is 0 Å². The summed E-state index contributed by atoms with van der Waals surface area (Å²) in [4.78, 5) is 0. The van der Waals surface area contributed by atoms with Gasteiger partial charge in [-0.05, 0) is 6.08 Å². The fourth-order valence-corrected chi connectivity index (χ4v) is 0.855. The van der Waals surface area contributed by atoms with Crippen LogP contribution in [-0.2, 0) is 0 Å². The average Bonchev–Trinajstić information content (AvgIpc) is 2.03. The molecule has 0 spiro atoms. The lowest BCUT2D eigenvalue weighted by atomic mass is 10.4. The fraction of sp³-hybridized carbons (Fsp3) is 0.429. The van der Waals surface area contributed by atoms with Crippen LogP contribution in [0, 0.1) is 0 Å². The Kier molecular flexibility index (Phi) is 3.33. The number of hydrazine groups is 1. The van der Waals surface area contributed by atoms with Crippen LogP contribution in [-0.4, -0.2) is 24.0 Å². The summed E-state index contributed by atoms with van der Waals surface area (Å²) < 4.78 is 0. The highest BCUT2D eigenvalue weighted by Crippen LogP contribution is 1.93. The SMILES string of the molecule is ClCCNN1C=CC=CC1. The zero-order chi connectivity index (χ0) is 7.23. The smallest absolute Gasteiger partial charge is 0.0521 e. The van der Waals surface area contributed by atoms with Crippen molar-refractivity contribution in [3.63, 3.8) is 0 Å². The number of allylic oxidation sites excluding steroid dienone is 2. The minimum Gasteiger partial charge on any atom is -0.312 e. The summed E-state index contributed by atoms with van der Waals surface area (Å²) in [6.07, 6.45) is 8.09. The number of hydrogen-bond donors (Lipinski definition) is 1. The Bertz CT molecular complexity index is 143. The van der Waals surface area contributed by atoms with E-state index in [1.54, 1.807) is 0 Å². The van der Waals surface area contributed by atoms with Gasteiger partial charge in [0.2, 0.25) is 0 Å². The molecular weight excluding hydrogens is 148 g/mol. The van der Waals surface area contributed by atoms with Crippen molar-refractivity contribution in [1.29, 1.82) is 0 Å². The minimum absolute atomic E-state index is 0.647. The van der Waals surface area contributed by atoms with Gasteiger partial charge in [-0.3, -0.25) is 0 Å². The molecule has 2 nitrogen and oxygen atoms in total. The Morgan fingerprint density at radius 2 is 2.40 bits per heavy atom. The van der Waals surface area contributed by atoms with Crippen molar-refractivity contribution < 1.29 is 0 Å². The quantitative estimate of drug-likeness (QED) is 0.620. The van der Waals surface area contributed by atoms with Crippen molar-refractivity contribution in [2.45, 2.75) is 0 Å². The first kappa shape index (κ1) is 7.63. The van der Waals surface area contributed by atoms with Crippen LogP contribution in [0.15, 0.2) is 24.4 Å². The molecule has 56 valence electrons. The molecule has 1 N–H and O–H groups in total. The van der Waals surface area contributed by atoms with E-state index >= 15 is 0 Å². The van der Waals surface area contributed by atoms with E-state index in [0.29, 0.717) is 5.88 Å². The van der Waals surface area contributed by atoms with Gasteiger partial charge < -0.3 is 5.01 Å². The molecule has 0 radical (unpaired) electrons. The summed E-state index contributed by atoms with van der Waals surface area (Å²) in [6, 6.07) is 0. The van der Waals surface area contributed by atoms with E-state index in [-0.39, 0.29) is 0 Å². The summed E-state index contributed by atoms with van der Waals surface area (Å²) in [7, 11) is 0. The molecule has 10 heavy (non-hydrogen) atoms. The molecule has 0 bridgehead atoms. The lowest BCUT2D eigenvalue weighted by Crippen LogP contribution is -2.35. The molecule has 0 amide bonds. The van der Waals surface area contributed by atoms with Gasteiger partial charge in [0, 0.05) is 18.6 Å². The van der Waals surface area contributed by atoms with Gasteiger partial charge >= 0.3 is 0 Å². The standard InChI is InChI=1S/C7H11ClN2/c8-4-5-9-10-6-2-1-3-7-10/h1-3,6,9H,4-5,7H2. The maximum atomic E-state index is 5.49. The lowest BCUT2D eigenvalue weighted by molar-refractivity contribution is 0.304. The maximum absolute atomic E-state index is 5.49. The molecule has 1 rings (SSSR count). The number of rotatable bonds is 3. The molecule has 0 saturated carbocycles. The van der Waals surface area contributed by atoms with Gasteiger partial charge in [-0.15, -0.1) is 11.6 Å². The fourth-order valence-electron chi connectivity index (χ4n) is 0.771. The van der Waals surface area contributed by atoms with E-state index in [9.17, 15) is 0 Å². The second kappa shape index (κ2) is 4.36. The molecule has 1 aliphatic heterocycles. The highest BCUT2D eigenvalue weighted by molar-refractivity contribution is 6.18. The monoisotopic (exact) mass is 158 g/mol. The van der Waals surface area contributed by atoms with Crippen LogP contribution in [0.1, 0.15) is 0 Å². The Morgan fingerprint density at radius 3 is 3.00 bits per heavy atom. The Hall–Kier alpha value is -0.470. The molecule has 0 atom stereocenters. The summed E-state index contributed by atoms with van der Waals surface area (Å²) in [6.45, 7) is 1.74. The third-order valence-corrected chi connectivity index (χ3v) is 1.41. The number of nitrogens with zero attached hydrogens (tertiary/aromatic N) is 1. The zero-order valence-corrected chi connectivity index (χ0v) is 6.51. The molecule has 0 aromatic rings. The minimum atomic E-state index is 0.647. The van der Waals surface area contributed by atoms with E-state index in [0.717, 1.165) is 13.1 Å². The van der Waals surface area contributed by atoms with Crippen molar-refractivity contribution >= 4 is 11.6 Å². The molecular formula is C7H11ClN2. The van der Waals surface area contributed by atoms with Crippen LogP contribution < -0.4 is 5.43 Å². The van der Waals surface area contributed by atoms with Gasteiger partial charge in [0.1, 0.15) is 0 Å². The molecule has 0 aromatic carbocycles. The Labute approximate surface area is 66.1 Å². The van der Waals surface area contributed by atoms with Gasteiger partial charge in [-0.2, -0.15) is 0 Å². The van der Waals surface area contributed by atoms with Gasteiger partial charge in [0.05, 0.1) is 6.54 Å². The molecule has 0 saturated heterocycles. The van der Waals surface area contributed by atoms with Crippen LogP contribution in [0.5, 0.6) is 0 Å². The van der Waals surface area contributed by atoms with Crippen molar-refractivity contribution in [2.75, 3.05) is 19.0 Å². The van der Waals surface area contributed by atoms with Crippen LogP contribution in [0.3, 0.4) is 0 Å². The average molecular weight is 159 g/mol. The number of hydrogen-bond acceptors (Lipinski definition) is 2. The van der Waals surface area contributed by atoms with Crippen LogP contribution in [0.25, 0.3) is 0 Å². The molecule has 0 fully saturated rings. The number of alkyl halides is 1. The first-order valence-electron chi connectivity index (χ1n) is 3.33. The molecule has 0 aliphatic carbocycles. The largest absolute Gasteiger partial charge is 0.312 e. The summed E-state index contributed by atoms with van der Waals surface area (Å²) >= 11 is 5.49. The molecule has 0 aromatic heterocycles. The van der Waals surface area contributed by atoms with Crippen LogP contribution >= 0.6 is 11.6 Å². The third kappa shape index (κ3) is 2.42. The highest BCUT2D eigenvalue weighted by atomic mass is 35.5. The van der Waals surface area contributed by atoms with Gasteiger partial charge in [-0.1, -0.05) is 12.2 Å². The van der Waals surface area contributed by atoms with Crippen molar-refractivity contribution in [3.8, 4) is 0 Å². The summed E-state index contributed by atoms with van der Waals surface area (Å²) in [5.41, 5.74) is 3.13. The number of nitrogens with one attached hydrogen (secondary N) is 1. The Morgan fingerprint density at radius 1 is 1.50 bits per heavy atom. The second-order valence-electron chi connectivity index (χ2n) is 2.02. The second-order valence-corrected chi connectivity index (χ2v) is 2.40. The predicted molar refractivity (Wildman–Crippen MR) is 43.7 cm³/mol. The summed E-state index contributed by atoms with van der Waals surface area (Å²) in [5, 5.41) is 2.00. The highest BCUT2D eigenvalue weighted by Gasteiger charge is 1.95. The predicted octanol–water partition coefficient (Wildman–Crippen LogP) is 1.12. The lowest BCUT2D eigenvalue weighted by Gasteiger charge is -2.20. The van der Waals surface area contributed by atoms with Gasteiger partial charge in [0.15, 0.2) is 0 Å². The zero-order valence-electron chi connectivity index (χ0n) is 5.76. The van der Waals surface area contributed by atoms with E-state index < -0.39 is 0 Å². The first-order chi connectivity index (χ1) is 4.93. The topological polar surface area (TPSA) is 15.3 Å². The van der Waals surface area contributed by atoms with E-state index in [1.807, 2.05) is 23.4 Å². The van der Waals surface area contributed by atoms with E-state index in [2.05, 4.69) is 11.5 Å². The first-order valence-corrected chi connectivity index (χ1v) is 3.86. The molecule has 1 aliphatic rings. The van der Waals surface area contributed by atoms with Crippen LogP contribution in [0.2, 0.25) is 0 Å². The molecule has 0 unspecified atom stereocenters. The third-order valence-electron chi connectivity index (χ3n) is 1.22. The van der Waals surface area contributed by atoms with Crippen molar-refractivity contribution in [3.05, 3.63) is 24.4 Å². The van der Waals surface area contributed by atoms with E-state index in [4.69, 9.17) is 11.6 Å². The van der Waals surface area contributed by atoms with Crippen LogP contribution in [0.4, 0.5) is 0 Å². The number of halogens is 1. The van der Waals surface area contributed by atoms with Gasteiger partial charge in [-0.25, -0.2) is 5.43 Å². The summed E-state index contributed by atoms with van der Waals surface area (Å²) in [5.74, 6) is 0.647. The van der Waals surface area contributed by atoms with Gasteiger partial charge in [0.25, 0.3) is 0 Å². The van der Waals surface area contributed by atoms with Crippen molar-refractivity contribution in [2.24, 2.45) is 0 Å². The van der Waals surface area contributed by atoms with Crippen molar-refractivity contribution in [1.82, 2.24) is 10.4 Å². The molecule has 3 heteroatoms. The Balaban J connectivity index is 2.17.